The van der Waals surface area contributed by atoms with Gasteiger partial charge in [-0.15, -0.1) is 0 Å². The third-order valence-electron chi connectivity index (χ3n) is 3.39. The summed E-state index contributed by atoms with van der Waals surface area (Å²) in [7, 11) is 1.56. The molecule has 2 rings (SSSR count). The van der Waals surface area contributed by atoms with Gasteiger partial charge in [0.15, 0.2) is 5.78 Å². The summed E-state index contributed by atoms with van der Waals surface area (Å²) in [5, 5.41) is 0. The van der Waals surface area contributed by atoms with Crippen molar-refractivity contribution in [3.63, 3.8) is 0 Å². The molecule has 2 aromatic carbocycles. The van der Waals surface area contributed by atoms with Gasteiger partial charge >= 0.3 is 0 Å². The number of ether oxygens (including phenoxy) is 1. The number of rotatable bonds is 4. The maximum atomic E-state index is 13.6. The van der Waals surface area contributed by atoms with Crippen LogP contribution in [0.5, 0.6) is 5.75 Å². The van der Waals surface area contributed by atoms with E-state index in [-0.39, 0.29) is 17.8 Å². The molecule has 2 aromatic rings. The Balaban J connectivity index is 2.33. The van der Waals surface area contributed by atoms with E-state index < -0.39 is 11.6 Å². The highest BCUT2D eigenvalue weighted by atomic mass is 19.1. The van der Waals surface area contributed by atoms with Crippen molar-refractivity contribution in [1.29, 1.82) is 0 Å². The van der Waals surface area contributed by atoms with Crippen LogP contribution in [0, 0.1) is 25.5 Å². The van der Waals surface area contributed by atoms with Crippen LogP contribution in [-0.2, 0) is 6.42 Å². The molecule has 0 bridgehead atoms. The van der Waals surface area contributed by atoms with Crippen molar-refractivity contribution < 1.29 is 18.3 Å². The molecule has 0 radical (unpaired) electrons. The highest BCUT2D eigenvalue weighted by molar-refractivity contribution is 5.98. The molecule has 0 heterocycles. The number of halogens is 2. The molecule has 0 unspecified atom stereocenters. The standard InChI is InChI=1S/C17H16F2O2/c1-10-7-12(8-11(2)17(10)21-3)16(20)9-13-14(18)5-4-6-15(13)19/h4-8H,9H2,1-3H3. The normalized spacial score (nSPS) is 10.5. The smallest absolute Gasteiger partial charge is 0.167 e. The first-order chi connectivity index (χ1) is 9.93. The molecule has 0 aliphatic heterocycles. The van der Waals surface area contributed by atoms with E-state index in [1.165, 1.54) is 6.07 Å². The topological polar surface area (TPSA) is 26.3 Å². The second-order valence-corrected chi connectivity index (χ2v) is 4.94. The number of carbonyl (C=O) groups is 1. The molecule has 2 nitrogen and oxygen atoms in total. The van der Waals surface area contributed by atoms with Crippen LogP contribution in [0.2, 0.25) is 0 Å². The van der Waals surface area contributed by atoms with Crippen molar-refractivity contribution >= 4 is 5.78 Å². The van der Waals surface area contributed by atoms with Gasteiger partial charge in [-0.05, 0) is 49.2 Å². The molecule has 0 N–H and O–H groups in total. The van der Waals surface area contributed by atoms with Gasteiger partial charge in [0.25, 0.3) is 0 Å². The van der Waals surface area contributed by atoms with Gasteiger partial charge in [-0.1, -0.05) is 6.07 Å². The lowest BCUT2D eigenvalue weighted by atomic mass is 9.98. The summed E-state index contributed by atoms with van der Waals surface area (Å²) in [4.78, 5) is 12.2. The van der Waals surface area contributed by atoms with E-state index in [0.29, 0.717) is 11.3 Å². The van der Waals surface area contributed by atoms with Crippen LogP contribution in [0.1, 0.15) is 27.0 Å². The fraction of sp³-hybridized carbons (Fsp3) is 0.235. The Bertz CT molecular complexity index is 650. The Morgan fingerprint density at radius 1 is 1.10 bits per heavy atom. The molecule has 0 aromatic heterocycles. The van der Waals surface area contributed by atoms with E-state index in [1.807, 2.05) is 13.8 Å². The fourth-order valence-electron chi connectivity index (χ4n) is 2.40. The molecule has 0 spiro atoms. The maximum Gasteiger partial charge on any atom is 0.167 e. The molecule has 21 heavy (non-hydrogen) atoms. The molecule has 0 atom stereocenters. The summed E-state index contributed by atoms with van der Waals surface area (Å²) in [6.45, 7) is 3.65. The molecule has 0 aliphatic rings. The Morgan fingerprint density at radius 3 is 2.10 bits per heavy atom. The molecule has 110 valence electrons. The van der Waals surface area contributed by atoms with Crippen LogP contribution in [0.3, 0.4) is 0 Å². The van der Waals surface area contributed by atoms with Crippen LogP contribution in [0.25, 0.3) is 0 Å². The van der Waals surface area contributed by atoms with Crippen molar-refractivity contribution in [3.05, 3.63) is 64.2 Å². The molecular weight excluding hydrogens is 274 g/mol. The third kappa shape index (κ3) is 3.10. The van der Waals surface area contributed by atoms with Gasteiger partial charge in [0.1, 0.15) is 17.4 Å². The van der Waals surface area contributed by atoms with Crippen LogP contribution >= 0.6 is 0 Å². The molecular formula is C17H16F2O2. The lowest BCUT2D eigenvalue weighted by Crippen LogP contribution is -2.08. The Labute approximate surface area is 122 Å². The minimum Gasteiger partial charge on any atom is -0.496 e. The summed E-state index contributed by atoms with van der Waals surface area (Å²) < 4.78 is 32.4. The van der Waals surface area contributed by atoms with Gasteiger partial charge in [-0.25, -0.2) is 8.78 Å². The largest absolute Gasteiger partial charge is 0.496 e. The molecule has 0 saturated heterocycles. The predicted octanol–water partition coefficient (Wildman–Crippen LogP) is 4.02. The zero-order valence-corrected chi connectivity index (χ0v) is 12.2. The number of hydrogen-bond donors (Lipinski definition) is 0. The lowest BCUT2D eigenvalue weighted by molar-refractivity contribution is 0.0990. The zero-order chi connectivity index (χ0) is 15.6. The Hall–Kier alpha value is -2.23. The number of methoxy groups -OCH3 is 1. The average Bonchev–Trinajstić information content (AvgIpc) is 2.42. The molecule has 0 fully saturated rings. The van der Waals surface area contributed by atoms with Crippen molar-refractivity contribution in [2.24, 2.45) is 0 Å². The second-order valence-electron chi connectivity index (χ2n) is 4.94. The highest BCUT2D eigenvalue weighted by Gasteiger charge is 2.16. The fourth-order valence-corrected chi connectivity index (χ4v) is 2.40. The predicted molar refractivity (Wildman–Crippen MR) is 76.9 cm³/mol. The SMILES string of the molecule is COc1c(C)cc(C(=O)Cc2c(F)cccc2F)cc1C. The maximum absolute atomic E-state index is 13.6. The minimum atomic E-state index is -0.703. The lowest BCUT2D eigenvalue weighted by Gasteiger charge is -2.11. The van der Waals surface area contributed by atoms with Gasteiger partial charge in [-0.3, -0.25) is 4.79 Å². The van der Waals surface area contributed by atoms with Crippen LogP contribution < -0.4 is 4.74 Å². The van der Waals surface area contributed by atoms with Gasteiger partial charge in [0.2, 0.25) is 0 Å². The highest BCUT2D eigenvalue weighted by Crippen LogP contribution is 2.25. The first-order valence-electron chi connectivity index (χ1n) is 6.55. The second kappa shape index (κ2) is 6.04. The number of aryl methyl sites for hydroxylation is 2. The van der Waals surface area contributed by atoms with Gasteiger partial charge in [0, 0.05) is 17.5 Å². The molecule has 0 amide bonds. The van der Waals surface area contributed by atoms with E-state index in [4.69, 9.17) is 4.74 Å². The monoisotopic (exact) mass is 290 g/mol. The third-order valence-corrected chi connectivity index (χ3v) is 3.39. The van der Waals surface area contributed by atoms with Crippen LogP contribution in [0.15, 0.2) is 30.3 Å². The summed E-state index contributed by atoms with van der Waals surface area (Å²) >= 11 is 0. The van der Waals surface area contributed by atoms with Crippen molar-refractivity contribution in [2.75, 3.05) is 7.11 Å². The average molecular weight is 290 g/mol. The minimum absolute atomic E-state index is 0.200. The first kappa shape index (κ1) is 15.2. The summed E-state index contributed by atoms with van der Waals surface area (Å²) in [5.74, 6) is -1.02. The molecule has 4 heteroatoms. The van der Waals surface area contributed by atoms with E-state index >= 15 is 0 Å². The van der Waals surface area contributed by atoms with Crippen molar-refractivity contribution in [1.82, 2.24) is 0 Å². The molecule has 0 saturated carbocycles. The van der Waals surface area contributed by atoms with E-state index in [0.717, 1.165) is 23.3 Å². The van der Waals surface area contributed by atoms with Crippen molar-refractivity contribution in [2.45, 2.75) is 20.3 Å². The first-order valence-corrected chi connectivity index (χ1v) is 6.55. The quantitative estimate of drug-likeness (QED) is 0.795. The van der Waals surface area contributed by atoms with Gasteiger partial charge in [0.05, 0.1) is 7.11 Å². The Morgan fingerprint density at radius 2 is 1.62 bits per heavy atom. The van der Waals surface area contributed by atoms with Crippen LogP contribution in [-0.4, -0.2) is 12.9 Å². The summed E-state index contributed by atoms with van der Waals surface area (Å²) in [6, 6.07) is 6.92. The van der Waals surface area contributed by atoms with E-state index in [1.54, 1.807) is 19.2 Å². The zero-order valence-electron chi connectivity index (χ0n) is 12.2. The molecule has 0 aliphatic carbocycles. The van der Waals surface area contributed by atoms with E-state index in [9.17, 15) is 13.6 Å². The van der Waals surface area contributed by atoms with Gasteiger partial charge in [-0.2, -0.15) is 0 Å². The number of Topliss-reactive ketones (excluding diaryl/α,β-unsaturated/α-hetero) is 1. The van der Waals surface area contributed by atoms with Crippen molar-refractivity contribution in [3.8, 4) is 5.75 Å². The van der Waals surface area contributed by atoms with Crippen LogP contribution in [0.4, 0.5) is 8.78 Å². The number of ketones is 1. The number of benzene rings is 2. The number of carbonyl (C=O) groups excluding carboxylic acids is 1. The number of hydrogen-bond acceptors (Lipinski definition) is 2. The van der Waals surface area contributed by atoms with Gasteiger partial charge < -0.3 is 4.74 Å². The summed E-state index contributed by atoms with van der Waals surface area (Å²) in [6.07, 6.45) is -0.302. The summed E-state index contributed by atoms with van der Waals surface area (Å²) in [5.41, 5.74) is 1.85. The van der Waals surface area contributed by atoms with E-state index in [2.05, 4.69) is 0 Å². The Kier molecular flexibility index (Phi) is 4.36.